The molecule has 0 saturated carbocycles. The second kappa shape index (κ2) is 7.75. The van der Waals surface area contributed by atoms with Crippen molar-refractivity contribution in [2.45, 2.75) is 12.1 Å². The number of hydrogen-bond acceptors (Lipinski definition) is 2. The molecule has 0 aliphatic carbocycles. The lowest BCUT2D eigenvalue weighted by molar-refractivity contribution is 0.132. The largest absolute Gasteiger partial charge is 0.389 e. The standard InChI is InChI=1S/C18H18F2N2O.ClH/c1-21-11-17(23)18(13-8-14(19)10-15(20)9-13)22-7-6-12-4-2-3-5-16(12)22;/h2-10,17-18,21,23H,11H2,1H3;1H/t17-,18+;/m1./s1. The zero-order chi connectivity index (χ0) is 16.4. The van der Waals surface area contributed by atoms with Gasteiger partial charge in [0.25, 0.3) is 0 Å². The van der Waals surface area contributed by atoms with Crippen molar-refractivity contribution < 1.29 is 13.9 Å². The van der Waals surface area contributed by atoms with Gasteiger partial charge in [-0.25, -0.2) is 8.78 Å². The number of aliphatic hydroxyl groups is 1. The molecule has 0 aliphatic heterocycles. The molecule has 128 valence electrons. The van der Waals surface area contributed by atoms with E-state index in [9.17, 15) is 13.9 Å². The zero-order valence-corrected chi connectivity index (χ0v) is 13.9. The molecule has 3 rings (SSSR count). The normalized spacial score (nSPS) is 13.5. The molecule has 1 aromatic heterocycles. The number of benzene rings is 2. The van der Waals surface area contributed by atoms with Crippen molar-refractivity contribution in [2.24, 2.45) is 0 Å². The third-order valence-corrected chi connectivity index (χ3v) is 3.93. The minimum atomic E-state index is -0.836. The Morgan fingerprint density at radius 1 is 1.08 bits per heavy atom. The van der Waals surface area contributed by atoms with Gasteiger partial charge in [0.2, 0.25) is 0 Å². The van der Waals surface area contributed by atoms with E-state index in [1.54, 1.807) is 7.05 Å². The van der Waals surface area contributed by atoms with Crippen molar-refractivity contribution in [2.75, 3.05) is 13.6 Å². The minimum Gasteiger partial charge on any atom is -0.389 e. The van der Waals surface area contributed by atoms with Crippen LogP contribution in [-0.2, 0) is 0 Å². The van der Waals surface area contributed by atoms with Gasteiger partial charge in [0, 0.05) is 24.3 Å². The van der Waals surface area contributed by atoms with Crippen LogP contribution < -0.4 is 5.32 Å². The predicted octanol–water partition coefficient (Wildman–Crippen LogP) is 3.51. The van der Waals surface area contributed by atoms with Crippen molar-refractivity contribution >= 4 is 23.3 Å². The summed E-state index contributed by atoms with van der Waals surface area (Å²) in [5, 5.41) is 14.5. The number of rotatable bonds is 5. The van der Waals surface area contributed by atoms with Crippen molar-refractivity contribution in [1.82, 2.24) is 9.88 Å². The third kappa shape index (κ3) is 3.59. The molecule has 0 bridgehead atoms. The summed E-state index contributed by atoms with van der Waals surface area (Å²) in [7, 11) is 1.72. The smallest absolute Gasteiger partial charge is 0.126 e. The third-order valence-electron chi connectivity index (χ3n) is 3.93. The highest BCUT2D eigenvalue weighted by Crippen LogP contribution is 2.29. The average Bonchev–Trinajstić information content (AvgIpc) is 2.91. The highest BCUT2D eigenvalue weighted by Gasteiger charge is 2.24. The number of aliphatic hydroxyl groups excluding tert-OH is 1. The summed E-state index contributed by atoms with van der Waals surface area (Å²) in [6.45, 7) is 0.301. The number of para-hydroxylation sites is 1. The number of likely N-dealkylation sites (N-methyl/N-ethyl adjacent to an activating group) is 1. The molecule has 2 atom stereocenters. The minimum absolute atomic E-state index is 0. The molecule has 3 aromatic rings. The Hall–Kier alpha value is -1.95. The summed E-state index contributed by atoms with van der Waals surface area (Å²) in [6, 6.07) is 12.4. The quantitative estimate of drug-likeness (QED) is 0.737. The average molecular weight is 353 g/mol. The van der Waals surface area contributed by atoms with Crippen LogP contribution in [0.25, 0.3) is 10.9 Å². The molecule has 24 heavy (non-hydrogen) atoms. The molecule has 1 heterocycles. The predicted molar refractivity (Wildman–Crippen MR) is 93.6 cm³/mol. The van der Waals surface area contributed by atoms with Crippen LogP contribution in [0.4, 0.5) is 8.78 Å². The molecule has 0 spiro atoms. The van der Waals surface area contributed by atoms with Crippen LogP contribution in [0.15, 0.2) is 54.7 Å². The molecule has 2 N–H and O–H groups in total. The highest BCUT2D eigenvalue weighted by molar-refractivity contribution is 5.85. The Morgan fingerprint density at radius 3 is 2.42 bits per heavy atom. The molecule has 0 fully saturated rings. The van der Waals surface area contributed by atoms with Gasteiger partial charge in [-0.1, -0.05) is 18.2 Å². The monoisotopic (exact) mass is 352 g/mol. The zero-order valence-electron chi connectivity index (χ0n) is 13.1. The molecule has 3 nitrogen and oxygen atoms in total. The van der Waals surface area contributed by atoms with Crippen molar-refractivity contribution in [3.8, 4) is 0 Å². The van der Waals surface area contributed by atoms with Gasteiger partial charge in [-0.3, -0.25) is 0 Å². The van der Waals surface area contributed by atoms with Gasteiger partial charge in [-0.2, -0.15) is 0 Å². The number of aromatic nitrogens is 1. The summed E-state index contributed by atoms with van der Waals surface area (Å²) in [6.07, 6.45) is 0.994. The molecule has 0 amide bonds. The molecule has 0 aliphatic rings. The Labute approximate surface area is 145 Å². The van der Waals surface area contributed by atoms with E-state index in [1.807, 2.05) is 41.1 Å². The van der Waals surface area contributed by atoms with Crippen LogP contribution >= 0.6 is 12.4 Å². The van der Waals surface area contributed by atoms with E-state index in [-0.39, 0.29) is 12.4 Å². The number of fused-ring (bicyclic) bond motifs is 1. The van der Waals surface area contributed by atoms with Crippen molar-refractivity contribution in [1.29, 1.82) is 0 Å². The van der Waals surface area contributed by atoms with Crippen LogP contribution in [0.5, 0.6) is 0 Å². The van der Waals surface area contributed by atoms with Gasteiger partial charge in [-0.15, -0.1) is 12.4 Å². The molecule has 0 saturated heterocycles. The van der Waals surface area contributed by atoms with E-state index >= 15 is 0 Å². The summed E-state index contributed by atoms with van der Waals surface area (Å²) in [5.41, 5.74) is 1.30. The molecular weight excluding hydrogens is 334 g/mol. The van der Waals surface area contributed by atoms with Crippen LogP contribution in [0.1, 0.15) is 11.6 Å². The first-order chi connectivity index (χ1) is 11.1. The van der Waals surface area contributed by atoms with Crippen molar-refractivity contribution in [3.05, 3.63) is 71.9 Å². The van der Waals surface area contributed by atoms with E-state index < -0.39 is 23.8 Å². The van der Waals surface area contributed by atoms with Crippen molar-refractivity contribution in [3.63, 3.8) is 0 Å². The number of hydrogen-bond donors (Lipinski definition) is 2. The Balaban J connectivity index is 0.00000208. The van der Waals surface area contributed by atoms with E-state index in [4.69, 9.17) is 0 Å². The van der Waals surface area contributed by atoms with Gasteiger partial charge in [-0.05, 0) is 42.3 Å². The first kappa shape index (κ1) is 18.4. The van der Waals surface area contributed by atoms with E-state index in [0.717, 1.165) is 17.0 Å². The summed E-state index contributed by atoms with van der Waals surface area (Å²) < 4.78 is 29.1. The Morgan fingerprint density at radius 2 is 1.75 bits per heavy atom. The molecule has 0 unspecified atom stereocenters. The van der Waals surface area contributed by atoms with Crippen LogP contribution in [0.2, 0.25) is 0 Å². The Bertz CT molecular complexity index is 801. The first-order valence-corrected chi connectivity index (χ1v) is 7.44. The van der Waals surface area contributed by atoms with Gasteiger partial charge < -0.3 is 15.0 Å². The topological polar surface area (TPSA) is 37.2 Å². The van der Waals surface area contributed by atoms with Gasteiger partial charge in [0.1, 0.15) is 11.6 Å². The highest BCUT2D eigenvalue weighted by atomic mass is 35.5. The second-order valence-corrected chi connectivity index (χ2v) is 5.55. The maximum absolute atomic E-state index is 13.6. The molecule has 0 radical (unpaired) electrons. The Kier molecular flexibility index (Phi) is 5.94. The second-order valence-electron chi connectivity index (χ2n) is 5.55. The summed E-state index contributed by atoms with van der Waals surface area (Å²) in [4.78, 5) is 0. The fourth-order valence-corrected chi connectivity index (χ4v) is 2.98. The van der Waals surface area contributed by atoms with Crippen LogP contribution in [0, 0.1) is 11.6 Å². The van der Waals surface area contributed by atoms with E-state index in [1.165, 1.54) is 12.1 Å². The fourth-order valence-electron chi connectivity index (χ4n) is 2.98. The van der Waals surface area contributed by atoms with Crippen LogP contribution in [0.3, 0.4) is 0 Å². The number of nitrogens with one attached hydrogen (secondary N) is 1. The fraction of sp³-hybridized carbons (Fsp3) is 0.222. The number of halogens is 3. The van der Waals surface area contributed by atoms with Crippen LogP contribution in [-0.4, -0.2) is 29.4 Å². The maximum Gasteiger partial charge on any atom is 0.126 e. The van der Waals surface area contributed by atoms with Gasteiger partial charge >= 0.3 is 0 Å². The van der Waals surface area contributed by atoms with E-state index in [2.05, 4.69) is 5.32 Å². The lowest BCUT2D eigenvalue weighted by Crippen LogP contribution is -2.33. The number of nitrogens with zero attached hydrogens (tertiary/aromatic N) is 1. The molecule has 2 aromatic carbocycles. The summed E-state index contributed by atoms with van der Waals surface area (Å²) in [5.74, 6) is -1.31. The van der Waals surface area contributed by atoms with Gasteiger partial charge in [0.05, 0.1) is 12.1 Å². The van der Waals surface area contributed by atoms with Gasteiger partial charge in [0.15, 0.2) is 0 Å². The maximum atomic E-state index is 13.6. The molecular formula is C18H19ClF2N2O. The molecule has 6 heteroatoms. The summed E-state index contributed by atoms with van der Waals surface area (Å²) >= 11 is 0. The lowest BCUT2D eigenvalue weighted by Gasteiger charge is -2.26. The van der Waals surface area contributed by atoms with E-state index in [0.29, 0.717) is 12.1 Å². The lowest BCUT2D eigenvalue weighted by atomic mass is 10.00. The first-order valence-electron chi connectivity index (χ1n) is 7.44. The SMILES string of the molecule is CNC[C@@H](O)[C@H](c1cc(F)cc(F)c1)n1ccc2ccccc21.Cl.